The lowest BCUT2D eigenvalue weighted by Crippen LogP contribution is -2.15. The average molecular weight is 359 g/mol. The number of aromatic hydroxyl groups is 1. The Bertz CT molecular complexity index is 1070. The summed E-state index contributed by atoms with van der Waals surface area (Å²) >= 11 is 0. The Hall–Kier alpha value is -3.87. The molecule has 27 heavy (non-hydrogen) atoms. The van der Waals surface area contributed by atoms with Crippen molar-refractivity contribution in [3.8, 4) is 5.75 Å². The van der Waals surface area contributed by atoms with Crippen LogP contribution >= 0.6 is 0 Å². The summed E-state index contributed by atoms with van der Waals surface area (Å²) in [6.07, 6.45) is 1.50. The second-order valence-corrected chi connectivity index (χ2v) is 5.97. The number of hydrogen-bond donors (Lipinski definition) is 3. The maximum Gasteiger partial charge on any atom is 0.276 e. The molecule has 0 aliphatic carbocycles. The number of nitrogens with zero attached hydrogens (tertiary/aromatic N) is 3. The van der Waals surface area contributed by atoms with E-state index in [1.807, 2.05) is 48.5 Å². The van der Waals surface area contributed by atoms with Crippen LogP contribution in [0.25, 0.3) is 5.65 Å². The first-order chi connectivity index (χ1) is 13.2. The third kappa shape index (κ3) is 3.72. The predicted molar refractivity (Wildman–Crippen MR) is 103 cm³/mol. The number of imidazole rings is 1. The highest BCUT2D eigenvalue weighted by atomic mass is 16.3. The molecule has 0 bridgehead atoms. The number of rotatable bonds is 5. The number of benzene rings is 2. The SMILES string of the molecule is O=C(Nc1ccccc1)c1cnc2ccc(NCc3ccc(O)cc3)nn12. The fourth-order valence-corrected chi connectivity index (χ4v) is 2.65. The summed E-state index contributed by atoms with van der Waals surface area (Å²) in [4.78, 5) is 16.8. The number of carbonyl (C=O) groups is 1. The highest BCUT2D eigenvalue weighted by molar-refractivity contribution is 6.03. The fourth-order valence-electron chi connectivity index (χ4n) is 2.65. The predicted octanol–water partition coefficient (Wildman–Crippen LogP) is 3.30. The molecule has 0 saturated carbocycles. The number of para-hydroxylation sites is 1. The van der Waals surface area contributed by atoms with Crippen LogP contribution in [0.5, 0.6) is 5.75 Å². The van der Waals surface area contributed by atoms with E-state index in [1.54, 1.807) is 18.2 Å². The number of anilines is 2. The quantitative estimate of drug-likeness (QED) is 0.508. The van der Waals surface area contributed by atoms with Gasteiger partial charge < -0.3 is 15.7 Å². The highest BCUT2D eigenvalue weighted by Crippen LogP contribution is 2.14. The lowest BCUT2D eigenvalue weighted by molar-refractivity contribution is 0.102. The first-order valence-corrected chi connectivity index (χ1v) is 8.42. The van der Waals surface area contributed by atoms with E-state index in [2.05, 4.69) is 20.7 Å². The van der Waals surface area contributed by atoms with Gasteiger partial charge in [0.25, 0.3) is 5.91 Å². The van der Waals surface area contributed by atoms with Gasteiger partial charge in [-0.05, 0) is 42.0 Å². The molecular formula is C20H17N5O2. The minimum atomic E-state index is -0.281. The Morgan fingerprint density at radius 1 is 1.00 bits per heavy atom. The fraction of sp³-hybridized carbons (Fsp3) is 0.0500. The van der Waals surface area contributed by atoms with Crippen LogP contribution in [0.3, 0.4) is 0 Å². The zero-order valence-electron chi connectivity index (χ0n) is 14.3. The van der Waals surface area contributed by atoms with Crippen LogP contribution < -0.4 is 10.6 Å². The zero-order chi connectivity index (χ0) is 18.6. The van der Waals surface area contributed by atoms with Crippen LogP contribution in [0.15, 0.2) is 72.9 Å². The topological polar surface area (TPSA) is 91.5 Å². The molecule has 7 nitrogen and oxygen atoms in total. The molecule has 0 radical (unpaired) electrons. The Kier molecular flexibility index (Phi) is 4.40. The summed E-state index contributed by atoms with van der Waals surface area (Å²) in [6.45, 7) is 0.541. The molecule has 0 atom stereocenters. The summed E-state index contributed by atoms with van der Waals surface area (Å²) in [5.41, 5.74) is 2.65. The van der Waals surface area contributed by atoms with Gasteiger partial charge in [0, 0.05) is 12.2 Å². The van der Waals surface area contributed by atoms with E-state index in [1.165, 1.54) is 10.7 Å². The van der Waals surface area contributed by atoms with Gasteiger partial charge in [0.05, 0.1) is 6.20 Å². The number of aromatic nitrogens is 3. The van der Waals surface area contributed by atoms with E-state index in [4.69, 9.17) is 0 Å². The number of fused-ring (bicyclic) bond motifs is 1. The Balaban J connectivity index is 1.53. The molecule has 0 aliphatic rings. The molecule has 2 heterocycles. The van der Waals surface area contributed by atoms with Gasteiger partial charge in [-0.2, -0.15) is 0 Å². The Morgan fingerprint density at radius 2 is 1.78 bits per heavy atom. The monoisotopic (exact) mass is 359 g/mol. The van der Waals surface area contributed by atoms with Gasteiger partial charge >= 0.3 is 0 Å². The number of carbonyl (C=O) groups excluding carboxylic acids is 1. The molecule has 4 rings (SSSR count). The van der Waals surface area contributed by atoms with E-state index in [0.717, 1.165) is 5.56 Å². The van der Waals surface area contributed by atoms with E-state index in [9.17, 15) is 9.90 Å². The van der Waals surface area contributed by atoms with Crippen molar-refractivity contribution in [1.29, 1.82) is 0 Å². The number of amides is 1. The Labute approximate surface area is 155 Å². The maximum atomic E-state index is 12.6. The van der Waals surface area contributed by atoms with Gasteiger partial charge in [0.2, 0.25) is 0 Å². The summed E-state index contributed by atoms with van der Waals surface area (Å²) in [5, 5.41) is 19.8. The van der Waals surface area contributed by atoms with Crippen molar-refractivity contribution in [2.45, 2.75) is 6.54 Å². The van der Waals surface area contributed by atoms with Crippen molar-refractivity contribution in [3.63, 3.8) is 0 Å². The van der Waals surface area contributed by atoms with Gasteiger partial charge in [0.15, 0.2) is 11.3 Å². The van der Waals surface area contributed by atoms with Crippen LogP contribution in [0.4, 0.5) is 11.5 Å². The molecule has 0 unspecified atom stereocenters. The summed E-state index contributed by atoms with van der Waals surface area (Å²) < 4.78 is 1.51. The van der Waals surface area contributed by atoms with Crippen LogP contribution in [-0.2, 0) is 6.54 Å². The van der Waals surface area contributed by atoms with Crippen molar-refractivity contribution < 1.29 is 9.90 Å². The zero-order valence-corrected chi connectivity index (χ0v) is 14.3. The van der Waals surface area contributed by atoms with Crippen LogP contribution in [0, 0.1) is 0 Å². The Morgan fingerprint density at radius 3 is 2.56 bits per heavy atom. The van der Waals surface area contributed by atoms with E-state index in [0.29, 0.717) is 29.4 Å². The average Bonchev–Trinajstić information content (AvgIpc) is 3.12. The molecule has 0 aliphatic heterocycles. The van der Waals surface area contributed by atoms with Crippen molar-refractivity contribution in [2.75, 3.05) is 10.6 Å². The molecule has 4 aromatic rings. The van der Waals surface area contributed by atoms with E-state index < -0.39 is 0 Å². The molecule has 3 N–H and O–H groups in total. The molecule has 134 valence electrons. The van der Waals surface area contributed by atoms with Crippen LogP contribution in [-0.4, -0.2) is 25.6 Å². The van der Waals surface area contributed by atoms with Crippen molar-refractivity contribution in [2.24, 2.45) is 0 Å². The highest BCUT2D eigenvalue weighted by Gasteiger charge is 2.14. The second-order valence-electron chi connectivity index (χ2n) is 5.97. The molecule has 0 spiro atoms. The van der Waals surface area contributed by atoms with Gasteiger partial charge in [0.1, 0.15) is 11.6 Å². The minimum Gasteiger partial charge on any atom is -0.508 e. The van der Waals surface area contributed by atoms with Crippen LogP contribution in [0.1, 0.15) is 16.1 Å². The first-order valence-electron chi connectivity index (χ1n) is 8.42. The lowest BCUT2D eigenvalue weighted by atomic mass is 10.2. The third-order valence-corrected chi connectivity index (χ3v) is 4.04. The summed E-state index contributed by atoms with van der Waals surface area (Å²) in [7, 11) is 0. The molecular weight excluding hydrogens is 342 g/mol. The standard InChI is InChI=1S/C20H17N5O2/c26-16-8-6-14(7-9-16)12-21-18-10-11-19-22-13-17(25(19)24-18)20(27)23-15-4-2-1-3-5-15/h1-11,13,26H,12H2,(H,21,24)(H,23,27). The van der Waals surface area contributed by atoms with E-state index in [-0.39, 0.29) is 11.7 Å². The third-order valence-electron chi connectivity index (χ3n) is 4.04. The number of phenols is 1. The molecule has 2 aromatic heterocycles. The summed E-state index contributed by atoms with van der Waals surface area (Å²) in [6, 6.07) is 19.8. The van der Waals surface area contributed by atoms with Crippen molar-refractivity contribution in [3.05, 3.63) is 84.2 Å². The molecule has 0 fully saturated rings. The molecule has 0 saturated heterocycles. The van der Waals surface area contributed by atoms with Gasteiger partial charge in [-0.3, -0.25) is 4.79 Å². The molecule has 7 heteroatoms. The largest absolute Gasteiger partial charge is 0.508 e. The second kappa shape index (κ2) is 7.17. The minimum absolute atomic E-state index is 0.228. The van der Waals surface area contributed by atoms with Gasteiger partial charge in [-0.25, -0.2) is 9.50 Å². The van der Waals surface area contributed by atoms with E-state index >= 15 is 0 Å². The molecule has 1 amide bonds. The van der Waals surface area contributed by atoms with Crippen molar-refractivity contribution >= 4 is 23.1 Å². The summed E-state index contributed by atoms with van der Waals surface area (Å²) in [5.74, 6) is 0.560. The normalized spacial score (nSPS) is 10.7. The van der Waals surface area contributed by atoms with Gasteiger partial charge in [-0.15, -0.1) is 5.10 Å². The van der Waals surface area contributed by atoms with Crippen LogP contribution in [0.2, 0.25) is 0 Å². The lowest BCUT2D eigenvalue weighted by Gasteiger charge is -2.08. The number of hydrogen-bond acceptors (Lipinski definition) is 5. The maximum absolute atomic E-state index is 12.6. The smallest absolute Gasteiger partial charge is 0.276 e. The number of phenolic OH excluding ortho intramolecular Hbond substituents is 1. The van der Waals surface area contributed by atoms with Crippen molar-refractivity contribution in [1.82, 2.24) is 14.6 Å². The number of nitrogens with one attached hydrogen (secondary N) is 2. The van der Waals surface area contributed by atoms with Gasteiger partial charge in [-0.1, -0.05) is 30.3 Å². The first kappa shape index (κ1) is 16.6. The molecule has 2 aromatic carbocycles.